The molecule has 0 spiro atoms. The summed E-state index contributed by atoms with van der Waals surface area (Å²) in [6.45, 7) is 2.90. The summed E-state index contributed by atoms with van der Waals surface area (Å²) < 4.78 is 95.1. The molecule has 0 heterocycles. The molecule has 0 aliphatic rings. The molecule has 0 aliphatic carbocycles. The normalized spacial score (nSPS) is 16.3. The van der Waals surface area contributed by atoms with Crippen LogP contribution in [0.4, 0.5) is 30.7 Å². The Bertz CT molecular complexity index is 522. The van der Waals surface area contributed by atoms with Crippen molar-refractivity contribution in [2.24, 2.45) is 0 Å². The summed E-state index contributed by atoms with van der Waals surface area (Å²) in [4.78, 5) is 0. The molecule has 1 rings (SSSR count). The van der Waals surface area contributed by atoms with Crippen LogP contribution >= 0.6 is 0 Å². The Labute approximate surface area is 129 Å². The molecule has 0 bridgehead atoms. The zero-order valence-corrected chi connectivity index (χ0v) is 12.8. The van der Waals surface area contributed by atoms with Crippen LogP contribution in [0.2, 0.25) is 0 Å². The summed E-state index contributed by atoms with van der Waals surface area (Å²) in [5.74, 6) is -11.5. The molecule has 0 aromatic heterocycles. The molecule has 0 amide bonds. The lowest BCUT2D eigenvalue weighted by Gasteiger charge is -2.36. The highest BCUT2D eigenvalue weighted by molar-refractivity contribution is 5.27. The first kappa shape index (κ1) is 19.7. The van der Waals surface area contributed by atoms with Gasteiger partial charge in [-0.2, -0.15) is 30.7 Å². The second-order valence-electron chi connectivity index (χ2n) is 5.44. The van der Waals surface area contributed by atoms with Crippen molar-refractivity contribution in [3.05, 3.63) is 35.4 Å². The fraction of sp³-hybridized carbons (Fsp3) is 0.600. The summed E-state index contributed by atoms with van der Waals surface area (Å²) in [7, 11) is 0.982. The largest absolute Gasteiger partial charge is 0.459 e. The van der Waals surface area contributed by atoms with E-state index >= 15 is 0 Å². The number of alkyl halides is 7. The van der Waals surface area contributed by atoms with E-state index < -0.39 is 30.0 Å². The first-order chi connectivity index (χ1) is 10.3. The molecule has 0 radical (unpaired) electrons. The van der Waals surface area contributed by atoms with Gasteiger partial charge in [-0.25, -0.2) is 0 Å². The van der Waals surface area contributed by atoms with Gasteiger partial charge >= 0.3 is 18.0 Å². The summed E-state index contributed by atoms with van der Waals surface area (Å²) in [5.41, 5.74) is -1.04. The molecule has 0 N–H and O–H groups in total. The fourth-order valence-electron chi connectivity index (χ4n) is 2.13. The Morgan fingerprint density at radius 2 is 1.39 bits per heavy atom. The van der Waals surface area contributed by atoms with Crippen LogP contribution in [0.5, 0.6) is 0 Å². The van der Waals surface area contributed by atoms with Gasteiger partial charge in [0.15, 0.2) is 0 Å². The Balaban J connectivity index is 3.18. The van der Waals surface area contributed by atoms with Crippen molar-refractivity contribution < 1.29 is 35.5 Å². The fourth-order valence-corrected chi connectivity index (χ4v) is 2.13. The molecule has 1 unspecified atom stereocenters. The number of benzene rings is 1. The maximum absolute atomic E-state index is 13.7. The minimum atomic E-state index is -6.35. The van der Waals surface area contributed by atoms with Crippen molar-refractivity contribution in [1.82, 2.24) is 0 Å². The third kappa shape index (κ3) is 3.79. The molecule has 0 saturated heterocycles. The third-order valence-corrected chi connectivity index (χ3v) is 3.80. The molecule has 8 heteroatoms. The molecule has 132 valence electrons. The smallest absolute Gasteiger partial charge is 0.374 e. The van der Waals surface area contributed by atoms with Gasteiger partial charge in [-0.3, -0.25) is 0 Å². The number of methoxy groups -OCH3 is 1. The van der Waals surface area contributed by atoms with Gasteiger partial charge in [-0.05, 0) is 24.5 Å². The van der Waals surface area contributed by atoms with E-state index in [-0.39, 0.29) is 5.56 Å². The lowest BCUT2D eigenvalue weighted by atomic mass is 9.86. The Hall–Kier alpha value is -1.31. The van der Waals surface area contributed by atoms with Gasteiger partial charge in [-0.1, -0.05) is 31.2 Å². The van der Waals surface area contributed by atoms with Crippen LogP contribution in [0.15, 0.2) is 24.3 Å². The van der Waals surface area contributed by atoms with Crippen molar-refractivity contribution in [3.63, 3.8) is 0 Å². The molecule has 1 aromatic carbocycles. The Kier molecular flexibility index (Phi) is 5.40. The first-order valence-corrected chi connectivity index (χ1v) is 6.77. The molecular weight excluding hydrogens is 329 g/mol. The highest BCUT2D eigenvalue weighted by Crippen LogP contribution is 2.51. The van der Waals surface area contributed by atoms with Gasteiger partial charge in [0.25, 0.3) is 0 Å². The highest BCUT2D eigenvalue weighted by Gasteiger charge is 2.73. The molecule has 0 saturated carbocycles. The van der Waals surface area contributed by atoms with Gasteiger partial charge < -0.3 is 4.74 Å². The number of hydrogen-bond donors (Lipinski definition) is 0. The average Bonchev–Trinajstić information content (AvgIpc) is 2.45. The molecule has 1 atom stereocenters. The minimum absolute atomic E-state index is 0.0925. The lowest BCUT2D eigenvalue weighted by Crippen LogP contribution is -2.54. The average molecular weight is 346 g/mol. The maximum atomic E-state index is 13.7. The minimum Gasteiger partial charge on any atom is -0.374 e. The van der Waals surface area contributed by atoms with Gasteiger partial charge in [0.2, 0.25) is 0 Å². The van der Waals surface area contributed by atoms with E-state index in [1.807, 2.05) is 6.92 Å². The Morgan fingerprint density at radius 1 is 0.913 bits per heavy atom. The maximum Gasteiger partial charge on any atom is 0.459 e. The summed E-state index contributed by atoms with van der Waals surface area (Å²) in [5, 5.41) is 0. The SMILES string of the molecule is CCc1ccc(C(C)(CC(F)(F)C(F)(F)C(F)(F)F)OC)cc1. The standard InChI is InChI=1S/C15H17F7O/c1-4-10-5-7-11(8-6-10)12(2,23-3)9-13(16,17)14(18,19)15(20,21)22/h5-8H,4,9H2,1-3H3. The van der Waals surface area contributed by atoms with E-state index in [1.165, 1.54) is 12.1 Å². The van der Waals surface area contributed by atoms with Crippen LogP contribution in [0, 0.1) is 0 Å². The third-order valence-electron chi connectivity index (χ3n) is 3.80. The number of rotatable bonds is 6. The second-order valence-corrected chi connectivity index (χ2v) is 5.44. The molecule has 1 nitrogen and oxygen atoms in total. The topological polar surface area (TPSA) is 9.23 Å². The number of halogens is 7. The molecule has 23 heavy (non-hydrogen) atoms. The zero-order valence-electron chi connectivity index (χ0n) is 12.8. The van der Waals surface area contributed by atoms with Gasteiger partial charge in [0.05, 0.1) is 12.0 Å². The molecule has 0 aliphatic heterocycles. The van der Waals surface area contributed by atoms with E-state index in [9.17, 15) is 30.7 Å². The van der Waals surface area contributed by atoms with Gasteiger partial charge in [-0.15, -0.1) is 0 Å². The first-order valence-electron chi connectivity index (χ1n) is 6.77. The number of aryl methyl sites for hydroxylation is 1. The van der Waals surface area contributed by atoms with Crippen LogP contribution < -0.4 is 0 Å². The second kappa shape index (κ2) is 6.30. The summed E-state index contributed by atoms with van der Waals surface area (Å²) >= 11 is 0. The number of ether oxygens (including phenoxy) is 1. The van der Waals surface area contributed by atoms with Crippen LogP contribution in [-0.4, -0.2) is 25.1 Å². The highest BCUT2D eigenvalue weighted by atomic mass is 19.4. The van der Waals surface area contributed by atoms with E-state index in [1.54, 1.807) is 12.1 Å². The van der Waals surface area contributed by atoms with E-state index in [2.05, 4.69) is 0 Å². The lowest BCUT2D eigenvalue weighted by molar-refractivity contribution is -0.361. The zero-order chi connectivity index (χ0) is 18.1. The van der Waals surface area contributed by atoms with Crippen LogP contribution in [0.1, 0.15) is 31.4 Å². The van der Waals surface area contributed by atoms with Crippen molar-refractivity contribution in [1.29, 1.82) is 0 Å². The van der Waals surface area contributed by atoms with E-state index in [4.69, 9.17) is 4.74 Å². The van der Waals surface area contributed by atoms with Crippen LogP contribution in [0.25, 0.3) is 0 Å². The summed E-state index contributed by atoms with van der Waals surface area (Å²) in [6, 6.07) is 5.91. The van der Waals surface area contributed by atoms with Crippen molar-refractivity contribution >= 4 is 0 Å². The van der Waals surface area contributed by atoms with Crippen LogP contribution in [-0.2, 0) is 16.8 Å². The Morgan fingerprint density at radius 3 is 1.74 bits per heavy atom. The predicted octanol–water partition coefficient (Wildman–Crippen LogP) is 5.33. The van der Waals surface area contributed by atoms with Crippen LogP contribution in [0.3, 0.4) is 0 Å². The van der Waals surface area contributed by atoms with Crippen molar-refractivity contribution in [3.8, 4) is 0 Å². The predicted molar refractivity (Wildman–Crippen MR) is 70.7 cm³/mol. The molecular formula is C15H17F7O. The molecule has 0 fully saturated rings. The molecule has 1 aromatic rings. The summed E-state index contributed by atoms with van der Waals surface area (Å²) in [6.07, 6.45) is -7.50. The monoisotopic (exact) mass is 346 g/mol. The van der Waals surface area contributed by atoms with Crippen molar-refractivity contribution in [2.75, 3.05) is 7.11 Å². The van der Waals surface area contributed by atoms with Crippen molar-refractivity contribution in [2.45, 2.75) is 50.3 Å². The van der Waals surface area contributed by atoms with Gasteiger partial charge in [0, 0.05) is 7.11 Å². The number of hydrogen-bond acceptors (Lipinski definition) is 1. The van der Waals surface area contributed by atoms with E-state index in [0.29, 0.717) is 6.42 Å². The quantitative estimate of drug-likeness (QED) is 0.632. The van der Waals surface area contributed by atoms with Gasteiger partial charge in [0.1, 0.15) is 0 Å². The van der Waals surface area contributed by atoms with E-state index in [0.717, 1.165) is 19.6 Å².